The van der Waals surface area contributed by atoms with Crippen molar-refractivity contribution in [2.45, 2.75) is 59.5 Å². The zero-order valence-electron chi connectivity index (χ0n) is 12.0. The summed E-state index contributed by atoms with van der Waals surface area (Å²) in [4.78, 5) is 2.56. The summed E-state index contributed by atoms with van der Waals surface area (Å²) in [5.74, 6) is 0.760. The molecule has 2 unspecified atom stereocenters. The fourth-order valence-electron chi connectivity index (χ4n) is 3.18. The molecule has 0 spiro atoms. The van der Waals surface area contributed by atoms with Gasteiger partial charge < -0.3 is 10.2 Å². The zero-order valence-corrected chi connectivity index (χ0v) is 12.0. The molecule has 0 heterocycles. The molecule has 0 aromatic carbocycles. The molecular formula is C14H30N2. The molecule has 1 fully saturated rings. The van der Waals surface area contributed by atoms with E-state index in [1.54, 1.807) is 0 Å². The number of likely N-dealkylation sites (N-methyl/N-ethyl adjacent to an activating group) is 2. The Morgan fingerprint density at radius 1 is 1.38 bits per heavy atom. The Kier molecular flexibility index (Phi) is 4.81. The molecule has 1 N–H and O–H groups in total. The van der Waals surface area contributed by atoms with Crippen molar-refractivity contribution >= 4 is 0 Å². The van der Waals surface area contributed by atoms with Gasteiger partial charge >= 0.3 is 0 Å². The van der Waals surface area contributed by atoms with Gasteiger partial charge in [0.1, 0.15) is 0 Å². The van der Waals surface area contributed by atoms with E-state index in [0.717, 1.165) is 18.5 Å². The standard InChI is InChI=1S/C14H30N2/c1-7-15-13-12(8-9-14(13,4)5)16(6)10-11(2)3/h11-13,15H,7-10H2,1-6H3. The number of hydrogen-bond acceptors (Lipinski definition) is 2. The van der Waals surface area contributed by atoms with Crippen molar-refractivity contribution in [2.24, 2.45) is 11.3 Å². The fraction of sp³-hybridized carbons (Fsp3) is 1.00. The third kappa shape index (κ3) is 3.21. The van der Waals surface area contributed by atoms with Gasteiger partial charge in [0.2, 0.25) is 0 Å². The maximum Gasteiger partial charge on any atom is 0.0274 e. The maximum atomic E-state index is 3.70. The molecule has 1 rings (SSSR count). The summed E-state index contributed by atoms with van der Waals surface area (Å²) in [6, 6.07) is 1.37. The van der Waals surface area contributed by atoms with Gasteiger partial charge in [-0.15, -0.1) is 0 Å². The van der Waals surface area contributed by atoms with Crippen LogP contribution in [0, 0.1) is 11.3 Å². The predicted octanol–water partition coefficient (Wildman–Crippen LogP) is 2.74. The highest BCUT2D eigenvalue weighted by Gasteiger charge is 2.42. The van der Waals surface area contributed by atoms with E-state index in [9.17, 15) is 0 Å². The van der Waals surface area contributed by atoms with Crippen LogP contribution in [0.4, 0.5) is 0 Å². The van der Waals surface area contributed by atoms with Crippen LogP contribution in [0.1, 0.15) is 47.5 Å². The molecule has 0 aliphatic heterocycles. The molecule has 96 valence electrons. The third-order valence-electron chi connectivity index (χ3n) is 3.95. The van der Waals surface area contributed by atoms with E-state index < -0.39 is 0 Å². The van der Waals surface area contributed by atoms with Crippen molar-refractivity contribution in [3.05, 3.63) is 0 Å². The minimum absolute atomic E-state index is 0.450. The van der Waals surface area contributed by atoms with Crippen molar-refractivity contribution in [1.82, 2.24) is 10.2 Å². The monoisotopic (exact) mass is 226 g/mol. The van der Waals surface area contributed by atoms with Gasteiger partial charge in [-0.3, -0.25) is 0 Å². The summed E-state index contributed by atoms with van der Waals surface area (Å²) in [6.07, 6.45) is 2.69. The van der Waals surface area contributed by atoms with Crippen molar-refractivity contribution in [3.63, 3.8) is 0 Å². The Hall–Kier alpha value is -0.0800. The fourth-order valence-corrected chi connectivity index (χ4v) is 3.18. The smallest absolute Gasteiger partial charge is 0.0274 e. The second-order valence-electron chi connectivity index (χ2n) is 6.46. The van der Waals surface area contributed by atoms with E-state index in [1.807, 2.05) is 0 Å². The lowest BCUT2D eigenvalue weighted by molar-refractivity contribution is 0.159. The van der Waals surface area contributed by atoms with Crippen LogP contribution < -0.4 is 5.32 Å². The largest absolute Gasteiger partial charge is 0.312 e. The average Bonchev–Trinajstić information content (AvgIpc) is 2.42. The van der Waals surface area contributed by atoms with Crippen molar-refractivity contribution in [1.29, 1.82) is 0 Å². The molecule has 0 amide bonds. The molecule has 1 saturated carbocycles. The maximum absolute atomic E-state index is 3.70. The van der Waals surface area contributed by atoms with Gasteiger partial charge in [0.15, 0.2) is 0 Å². The molecule has 2 nitrogen and oxygen atoms in total. The van der Waals surface area contributed by atoms with Crippen molar-refractivity contribution < 1.29 is 0 Å². The van der Waals surface area contributed by atoms with E-state index in [0.29, 0.717) is 11.5 Å². The molecule has 0 aromatic heterocycles. The van der Waals surface area contributed by atoms with E-state index in [-0.39, 0.29) is 0 Å². The summed E-state index contributed by atoms with van der Waals surface area (Å²) >= 11 is 0. The topological polar surface area (TPSA) is 15.3 Å². The van der Waals surface area contributed by atoms with Crippen molar-refractivity contribution in [3.8, 4) is 0 Å². The highest BCUT2D eigenvalue weighted by molar-refractivity contribution is 5.00. The van der Waals surface area contributed by atoms with E-state index in [2.05, 4.69) is 51.9 Å². The van der Waals surface area contributed by atoms with E-state index in [1.165, 1.54) is 19.4 Å². The second kappa shape index (κ2) is 5.50. The summed E-state index contributed by atoms with van der Waals surface area (Å²) in [6.45, 7) is 13.9. The first kappa shape index (κ1) is 14.0. The third-order valence-corrected chi connectivity index (χ3v) is 3.95. The molecule has 1 aliphatic rings. The van der Waals surface area contributed by atoms with Crippen LogP contribution >= 0.6 is 0 Å². The molecular weight excluding hydrogens is 196 g/mol. The summed E-state index contributed by atoms with van der Waals surface area (Å²) in [5, 5.41) is 3.70. The lowest BCUT2D eigenvalue weighted by Crippen LogP contribution is -2.51. The lowest BCUT2D eigenvalue weighted by Gasteiger charge is -2.36. The Morgan fingerprint density at radius 2 is 2.00 bits per heavy atom. The van der Waals surface area contributed by atoms with Crippen LogP contribution in [0.5, 0.6) is 0 Å². The molecule has 16 heavy (non-hydrogen) atoms. The first-order valence-electron chi connectivity index (χ1n) is 6.82. The molecule has 0 bridgehead atoms. The predicted molar refractivity (Wildman–Crippen MR) is 71.7 cm³/mol. The quantitative estimate of drug-likeness (QED) is 0.775. The first-order valence-corrected chi connectivity index (χ1v) is 6.82. The Bertz CT molecular complexity index is 211. The number of hydrogen-bond donors (Lipinski definition) is 1. The van der Waals surface area contributed by atoms with Crippen LogP contribution in [-0.4, -0.2) is 37.1 Å². The van der Waals surface area contributed by atoms with E-state index in [4.69, 9.17) is 0 Å². The summed E-state index contributed by atoms with van der Waals surface area (Å²) in [7, 11) is 2.29. The van der Waals surface area contributed by atoms with Crippen LogP contribution in [0.15, 0.2) is 0 Å². The zero-order chi connectivity index (χ0) is 12.3. The molecule has 1 aliphatic carbocycles. The number of nitrogens with one attached hydrogen (secondary N) is 1. The highest BCUT2D eigenvalue weighted by Crippen LogP contribution is 2.39. The van der Waals surface area contributed by atoms with Crippen LogP contribution in [0.2, 0.25) is 0 Å². The number of rotatable bonds is 5. The van der Waals surface area contributed by atoms with Gasteiger partial charge in [0.25, 0.3) is 0 Å². The van der Waals surface area contributed by atoms with E-state index >= 15 is 0 Å². The molecule has 0 saturated heterocycles. The SMILES string of the molecule is CCNC1C(N(C)CC(C)C)CCC1(C)C. The van der Waals surface area contributed by atoms with Gasteiger partial charge in [-0.25, -0.2) is 0 Å². The average molecular weight is 226 g/mol. The summed E-state index contributed by atoms with van der Waals surface area (Å²) in [5.41, 5.74) is 0.450. The summed E-state index contributed by atoms with van der Waals surface area (Å²) < 4.78 is 0. The molecule has 2 atom stereocenters. The normalized spacial score (nSPS) is 29.2. The Balaban J connectivity index is 2.65. The van der Waals surface area contributed by atoms with Gasteiger partial charge in [-0.05, 0) is 37.8 Å². The highest BCUT2D eigenvalue weighted by atomic mass is 15.2. The Morgan fingerprint density at radius 3 is 2.50 bits per heavy atom. The van der Waals surface area contributed by atoms with Crippen LogP contribution in [0.3, 0.4) is 0 Å². The van der Waals surface area contributed by atoms with Gasteiger partial charge in [-0.1, -0.05) is 34.6 Å². The molecule has 2 heteroatoms. The minimum atomic E-state index is 0.450. The molecule has 0 aromatic rings. The van der Waals surface area contributed by atoms with Gasteiger partial charge in [0.05, 0.1) is 0 Å². The minimum Gasteiger partial charge on any atom is -0.312 e. The first-order chi connectivity index (χ1) is 7.38. The second-order valence-corrected chi connectivity index (χ2v) is 6.46. The lowest BCUT2D eigenvalue weighted by atomic mass is 9.86. The van der Waals surface area contributed by atoms with Crippen LogP contribution in [0.25, 0.3) is 0 Å². The van der Waals surface area contributed by atoms with Gasteiger partial charge in [-0.2, -0.15) is 0 Å². The van der Waals surface area contributed by atoms with Gasteiger partial charge in [0, 0.05) is 18.6 Å². The number of nitrogens with zero attached hydrogens (tertiary/aromatic N) is 1. The van der Waals surface area contributed by atoms with Crippen LogP contribution in [-0.2, 0) is 0 Å². The Labute approximate surface area is 102 Å². The van der Waals surface area contributed by atoms with Crippen molar-refractivity contribution in [2.75, 3.05) is 20.1 Å². The molecule has 0 radical (unpaired) electrons.